The summed E-state index contributed by atoms with van der Waals surface area (Å²) in [6.45, 7) is -0.181. The largest absolute Gasteiger partial charge is 0.350 e. The van der Waals surface area contributed by atoms with Crippen LogP contribution in [0.25, 0.3) is 0 Å². The lowest BCUT2D eigenvalue weighted by molar-refractivity contribution is -0.123. The minimum atomic E-state index is -0.486. The highest BCUT2D eigenvalue weighted by molar-refractivity contribution is 6.31. The number of anilines is 1. The van der Waals surface area contributed by atoms with Gasteiger partial charge in [0.25, 0.3) is 0 Å². The van der Waals surface area contributed by atoms with Crippen LogP contribution in [0, 0.1) is 5.82 Å². The summed E-state index contributed by atoms with van der Waals surface area (Å²) in [6.07, 6.45) is 0.211. The molecule has 2 amide bonds. The fourth-order valence-electron chi connectivity index (χ4n) is 2.61. The minimum Gasteiger partial charge on any atom is -0.350 e. The Bertz CT molecular complexity index is 806. The summed E-state index contributed by atoms with van der Waals surface area (Å²) in [5.41, 5.74) is 1.67. The van der Waals surface area contributed by atoms with Crippen LogP contribution < -0.4 is 10.2 Å². The molecule has 1 heterocycles. The average Bonchev–Trinajstić information content (AvgIpc) is 2.82. The SMILES string of the molecule is O=C(CN1C(=O)Cc2cc(Cl)ccc21)NCc1c(F)cccc1Cl. The van der Waals surface area contributed by atoms with Gasteiger partial charge in [0.1, 0.15) is 12.4 Å². The number of carbonyl (C=O) groups excluding carboxylic acids is 2. The van der Waals surface area contributed by atoms with Crippen molar-refractivity contribution in [1.29, 1.82) is 0 Å². The van der Waals surface area contributed by atoms with Crippen LogP contribution in [-0.4, -0.2) is 18.4 Å². The smallest absolute Gasteiger partial charge is 0.240 e. The molecule has 3 rings (SSSR count). The van der Waals surface area contributed by atoms with Crippen molar-refractivity contribution < 1.29 is 14.0 Å². The van der Waals surface area contributed by atoms with Gasteiger partial charge in [0.15, 0.2) is 0 Å². The van der Waals surface area contributed by atoms with E-state index in [1.807, 2.05) is 0 Å². The Morgan fingerprint density at radius 1 is 1.25 bits per heavy atom. The number of fused-ring (bicyclic) bond motifs is 1. The number of nitrogens with zero attached hydrogens (tertiary/aromatic N) is 1. The number of halogens is 3. The topological polar surface area (TPSA) is 49.4 Å². The van der Waals surface area contributed by atoms with E-state index in [1.54, 1.807) is 24.3 Å². The third kappa shape index (κ3) is 3.37. The van der Waals surface area contributed by atoms with Crippen molar-refractivity contribution in [2.75, 3.05) is 11.4 Å². The Hall–Kier alpha value is -2.11. The van der Waals surface area contributed by atoms with Crippen molar-refractivity contribution in [3.63, 3.8) is 0 Å². The minimum absolute atomic E-state index is 0.0418. The molecule has 0 bridgehead atoms. The summed E-state index contributed by atoms with van der Waals surface area (Å²) >= 11 is 11.8. The predicted octanol–water partition coefficient (Wildman–Crippen LogP) is 3.34. The molecule has 1 N–H and O–H groups in total. The number of nitrogens with one attached hydrogen (secondary N) is 1. The normalized spacial score (nSPS) is 13.1. The van der Waals surface area contributed by atoms with Crippen molar-refractivity contribution in [3.8, 4) is 0 Å². The van der Waals surface area contributed by atoms with Crippen molar-refractivity contribution >= 4 is 40.7 Å². The van der Waals surface area contributed by atoms with Gasteiger partial charge in [-0.3, -0.25) is 9.59 Å². The highest BCUT2D eigenvalue weighted by Crippen LogP contribution is 2.30. The van der Waals surface area contributed by atoms with E-state index >= 15 is 0 Å². The van der Waals surface area contributed by atoms with Gasteiger partial charge in [0.2, 0.25) is 11.8 Å². The van der Waals surface area contributed by atoms with Crippen LogP contribution in [0.1, 0.15) is 11.1 Å². The lowest BCUT2D eigenvalue weighted by Crippen LogP contribution is -2.38. The Balaban J connectivity index is 1.67. The first-order valence-electron chi connectivity index (χ1n) is 7.24. The van der Waals surface area contributed by atoms with Crippen molar-refractivity contribution in [3.05, 3.63) is 63.4 Å². The second-order valence-electron chi connectivity index (χ2n) is 5.41. The van der Waals surface area contributed by atoms with Crippen molar-refractivity contribution in [2.45, 2.75) is 13.0 Å². The first kappa shape index (κ1) is 16.7. The van der Waals surface area contributed by atoms with Gasteiger partial charge in [-0.05, 0) is 35.9 Å². The molecular weight excluding hydrogens is 354 g/mol. The van der Waals surface area contributed by atoms with Gasteiger partial charge in [-0.1, -0.05) is 29.3 Å². The van der Waals surface area contributed by atoms with Gasteiger partial charge in [-0.25, -0.2) is 4.39 Å². The van der Waals surface area contributed by atoms with Gasteiger partial charge in [0, 0.05) is 27.8 Å². The third-order valence-electron chi connectivity index (χ3n) is 3.80. The van der Waals surface area contributed by atoms with Crippen LogP contribution in [0.3, 0.4) is 0 Å². The molecule has 0 saturated carbocycles. The summed E-state index contributed by atoms with van der Waals surface area (Å²) in [5, 5.41) is 3.37. The van der Waals surface area contributed by atoms with Crippen molar-refractivity contribution in [2.24, 2.45) is 0 Å². The van der Waals surface area contributed by atoms with Crippen LogP contribution >= 0.6 is 23.2 Å². The molecule has 0 saturated heterocycles. The van der Waals surface area contributed by atoms with E-state index in [2.05, 4.69) is 5.32 Å². The molecule has 2 aromatic rings. The van der Waals surface area contributed by atoms with E-state index in [0.717, 1.165) is 5.56 Å². The molecule has 0 radical (unpaired) electrons. The summed E-state index contributed by atoms with van der Waals surface area (Å²) < 4.78 is 13.7. The molecule has 24 heavy (non-hydrogen) atoms. The van der Waals surface area contributed by atoms with Crippen LogP contribution in [0.4, 0.5) is 10.1 Å². The average molecular weight is 367 g/mol. The van der Waals surface area contributed by atoms with E-state index in [1.165, 1.54) is 17.0 Å². The number of amides is 2. The Kier molecular flexibility index (Phi) is 4.73. The molecule has 0 spiro atoms. The Labute approximate surface area is 148 Å². The number of benzene rings is 2. The molecule has 0 unspecified atom stereocenters. The van der Waals surface area contributed by atoms with E-state index in [4.69, 9.17) is 23.2 Å². The van der Waals surface area contributed by atoms with Crippen LogP contribution in [0.15, 0.2) is 36.4 Å². The zero-order valence-electron chi connectivity index (χ0n) is 12.5. The van der Waals surface area contributed by atoms with Gasteiger partial charge in [-0.2, -0.15) is 0 Å². The zero-order chi connectivity index (χ0) is 17.3. The highest BCUT2D eigenvalue weighted by Gasteiger charge is 2.28. The number of carbonyl (C=O) groups is 2. The number of rotatable bonds is 4. The fourth-order valence-corrected chi connectivity index (χ4v) is 3.04. The molecule has 1 aliphatic rings. The van der Waals surface area contributed by atoms with Crippen LogP contribution in [-0.2, 0) is 22.6 Å². The molecule has 0 aromatic heterocycles. The lowest BCUT2D eigenvalue weighted by Gasteiger charge is -2.17. The maximum Gasteiger partial charge on any atom is 0.240 e. The third-order valence-corrected chi connectivity index (χ3v) is 4.39. The molecule has 4 nitrogen and oxygen atoms in total. The highest BCUT2D eigenvalue weighted by atomic mass is 35.5. The molecule has 2 aromatic carbocycles. The summed E-state index contributed by atoms with van der Waals surface area (Å²) in [6, 6.07) is 9.42. The molecule has 0 atom stereocenters. The van der Waals surface area contributed by atoms with Gasteiger partial charge in [-0.15, -0.1) is 0 Å². The molecule has 1 aliphatic heterocycles. The standard InChI is InChI=1S/C17H13Cl2FN2O2/c18-11-4-5-15-10(6-11)7-17(24)22(15)9-16(23)21-8-12-13(19)2-1-3-14(12)20/h1-6H,7-9H2,(H,21,23). The fraction of sp³-hybridized carbons (Fsp3) is 0.176. The van der Waals surface area contributed by atoms with Gasteiger partial charge < -0.3 is 10.2 Å². The van der Waals surface area contributed by atoms with E-state index in [-0.39, 0.29) is 36.0 Å². The van der Waals surface area contributed by atoms with Crippen LogP contribution in [0.5, 0.6) is 0 Å². The molecule has 0 fully saturated rings. The van der Waals surface area contributed by atoms with Gasteiger partial charge in [0.05, 0.1) is 6.42 Å². The van der Waals surface area contributed by atoms with E-state index < -0.39 is 11.7 Å². The maximum atomic E-state index is 13.7. The second kappa shape index (κ2) is 6.79. The Morgan fingerprint density at radius 3 is 2.79 bits per heavy atom. The quantitative estimate of drug-likeness (QED) is 0.901. The maximum absolute atomic E-state index is 13.7. The summed E-state index contributed by atoms with van der Waals surface area (Å²) in [7, 11) is 0. The second-order valence-corrected chi connectivity index (χ2v) is 6.25. The number of hydrogen-bond acceptors (Lipinski definition) is 2. The molecule has 0 aliphatic carbocycles. The number of hydrogen-bond donors (Lipinski definition) is 1. The summed E-state index contributed by atoms with van der Waals surface area (Å²) in [5.74, 6) is -1.06. The van der Waals surface area contributed by atoms with E-state index in [0.29, 0.717) is 10.7 Å². The summed E-state index contributed by atoms with van der Waals surface area (Å²) in [4.78, 5) is 25.6. The molecular formula is C17H13Cl2FN2O2. The zero-order valence-corrected chi connectivity index (χ0v) is 14.0. The van der Waals surface area contributed by atoms with Gasteiger partial charge >= 0.3 is 0 Å². The molecule has 124 valence electrons. The monoisotopic (exact) mass is 366 g/mol. The predicted molar refractivity (Wildman–Crippen MR) is 90.8 cm³/mol. The first-order valence-corrected chi connectivity index (χ1v) is 7.99. The first-order chi connectivity index (χ1) is 11.5. The van der Waals surface area contributed by atoms with Crippen molar-refractivity contribution in [1.82, 2.24) is 5.32 Å². The van der Waals surface area contributed by atoms with E-state index in [9.17, 15) is 14.0 Å². The van der Waals surface area contributed by atoms with Crippen LogP contribution in [0.2, 0.25) is 10.0 Å². The Morgan fingerprint density at radius 2 is 2.04 bits per heavy atom. The molecule has 7 heteroatoms. The lowest BCUT2D eigenvalue weighted by atomic mass is 10.2.